The molecule has 0 aliphatic rings. The van der Waals surface area contributed by atoms with E-state index < -0.39 is 0 Å². The molecule has 1 heterocycles. The third-order valence-electron chi connectivity index (χ3n) is 4.04. The van der Waals surface area contributed by atoms with Crippen LogP contribution in [0.1, 0.15) is 44.0 Å². The summed E-state index contributed by atoms with van der Waals surface area (Å²) in [5, 5.41) is 2.78. The topological polar surface area (TPSA) is 59.5 Å². The van der Waals surface area contributed by atoms with E-state index in [2.05, 4.69) is 4.98 Å². The first-order valence-electron chi connectivity index (χ1n) is 8.43. The van der Waals surface area contributed by atoms with Crippen LogP contribution in [0.4, 0.5) is 10.8 Å². The van der Waals surface area contributed by atoms with E-state index in [4.69, 9.17) is 16.3 Å². The third kappa shape index (κ3) is 4.62. The number of esters is 1. The van der Waals surface area contributed by atoms with Crippen LogP contribution in [0.2, 0.25) is 5.02 Å². The van der Waals surface area contributed by atoms with E-state index in [1.54, 1.807) is 5.38 Å². The smallest absolute Gasteiger partial charge is 0.309 e. The zero-order chi connectivity index (χ0) is 19.4. The molecular weight excluding hydrogens is 372 g/mol. The molecule has 7 heteroatoms. The maximum atomic E-state index is 12.3. The van der Waals surface area contributed by atoms with E-state index in [-0.39, 0.29) is 24.4 Å². The number of carbonyl (C=O) groups excluding carboxylic acids is 2. The Hall–Kier alpha value is -1.92. The number of ether oxygens (including phenoxy) is 1. The van der Waals surface area contributed by atoms with E-state index in [1.165, 1.54) is 23.2 Å². The molecule has 0 saturated heterocycles. The predicted octanol–water partition coefficient (Wildman–Crippen LogP) is 5.19. The molecule has 1 amide bonds. The van der Waals surface area contributed by atoms with Gasteiger partial charge in [-0.25, -0.2) is 4.98 Å². The van der Waals surface area contributed by atoms with Crippen molar-refractivity contribution in [3.05, 3.63) is 39.4 Å². The number of amides is 1. The molecule has 5 nitrogen and oxygen atoms in total. The van der Waals surface area contributed by atoms with E-state index >= 15 is 0 Å². The van der Waals surface area contributed by atoms with Gasteiger partial charge in [0, 0.05) is 12.3 Å². The van der Waals surface area contributed by atoms with E-state index in [9.17, 15) is 9.59 Å². The lowest BCUT2D eigenvalue weighted by Gasteiger charge is -2.22. The Morgan fingerprint density at radius 1 is 1.35 bits per heavy atom. The highest BCUT2D eigenvalue weighted by molar-refractivity contribution is 7.14. The molecule has 1 atom stereocenters. The van der Waals surface area contributed by atoms with Crippen molar-refractivity contribution in [2.45, 2.75) is 47.6 Å². The minimum absolute atomic E-state index is 0.0893. The summed E-state index contributed by atoms with van der Waals surface area (Å²) in [7, 11) is 0. The summed E-state index contributed by atoms with van der Waals surface area (Å²) in [4.78, 5) is 30.1. The number of benzene rings is 1. The second-order valence-electron chi connectivity index (χ2n) is 6.31. The van der Waals surface area contributed by atoms with Gasteiger partial charge in [-0.05, 0) is 37.5 Å². The number of aromatic nitrogens is 1. The Labute approximate surface area is 162 Å². The molecule has 2 rings (SSSR count). The lowest BCUT2D eigenvalue weighted by Crippen LogP contribution is -2.24. The minimum atomic E-state index is -0.247. The summed E-state index contributed by atoms with van der Waals surface area (Å²) in [5.41, 5.74) is 3.15. The number of rotatable bonds is 6. The van der Waals surface area contributed by atoms with Crippen LogP contribution >= 0.6 is 22.9 Å². The highest BCUT2D eigenvalue weighted by Gasteiger charge is 2.23. The van der Waals surface area contributed by atoms with Gasteiger partial charge in [-0.3, -0.25) is 14.5 Å². The summed E-state index contributed by atoms with van der Waals surface area (Å²) in [5.74, 6) is -0.574. The molecular formula is C19H23ClN2O3S. The largest absolute Gasteiger partial charge is 0.459 e. The molecule has 0 aliphatic carbocycles. The van der Waals surface area contributed by atoms with Crippen LogP contribution in [-0.4, -0.2) is 16.9 Å². The fraction of sp³-hybridized carbons (Fsp3) is 0.421. The maximum absolute atomic E-state index is 12.3. The highest BCUT2D eigenvalue weighted by atomic mass is 35.5. The van der Waals surface area contributed by atoms with Crippen molar-refractivity contribution in [1.82, 2.24) is 4.98 Å². The molecule has 0 saturated carbocycles. The standard InChI is InChI=1S/C19H23ClN2O3S/c1-6-12(3)18(24)25-9-15-10-26-19(21-15)22(14(5)23)17-13(4)7-11(2)8-16(17)20/h7-8,10,12H,6,9H2,1-5H3/t12-/m1/s1. The first-order valence-corrected chi connectivity index (χ1v) is 9.68. The van der Waals surface area contributed by atoms with Crippen molar-refractivity contribution in [3.8, 4) is 0 Å². The van der Waals surface area contributed by atoms with Gasteiger partial charge in [-0.2, -0.15) is 0 Å². The third-order valence-corrected chi connectivity index (χ3v) is 5.21. The number of anilines is 2. The van der Waals surface area contributed by atoms with Crippen LogP contribution in [0.25, 0.3) is 0 Å². The van der Waals surface area contributed by atoms with Gasteiger partial charge in [-0.15, -0.1) is 11.3 Å². The number of carbonyl (C=O) groups is 2. The number of halogens is 1. The molecule has 0 bridgehead atoms. The Balaban J connectivity index is 2.27. The van der Waals surface area contributed by atoms with Gasteiger partial charge in [0.2, 0.25) is 5.91 Å². The first kappa shape index (κ1) is 20.4. The van der Waals surface area contributed by atoms with Crippen LogP contribution in [0, 0.1) is 19.8 Å². The van der Waals surface area contributed by atoms with Crippen molar-refractivity contribution in [3.63, 3.8) is 0 Å². The van der Waals surface area contributed by atoms with E-state index in [0.29, 0.717) is 21.5 Å². The summed E-state index contributed by atoms with van der Waals surface area (Å²) in [6.07, 6.45) is 0.727. The zero-order valence-corrected chi connectivity index (χ0v) is 17.2. The van der Waals surface area contributed by atoms with Crippen molar-refractivity contribution in [2.24, 2.45) is 5.92 Å². The number of hydrogen-bond donors (Lipinski definition) is 0. The second kappa shape index (κ2) is 8.64. The summed E-state index contributed by atoms with van der Waals surface area (Å²) in [6.45, 7) is 9.19. The lowest BCUT2D eigenvalue weighted by atomic mass is 10.1. The van der Waals surface area contributed by atoms with Crippen LogP contribution in [0.5, 0.6) is 0 Å². The van der Waals surface area contributed by atoms with E-state index in [0.717, 1.165) is 17.5 Å². The van der Waals surface area contributed by atoms with Gasteiger partial charge >= 0.3 is 5.97 Å². The molecule has 1 aromatic heterocycles. The number of hydrogen-bond acceptors (Lipinski definition) is 5. The summed E-state index contributed by atoms with van der Waals surface area (Å²) < 4.78 is 5.28. The van der Waals surface area contributed by atoms with Crippen LogP contribution in [0.3, 0.4) is 0 Å². The Morgan fingerprint density at radius 3 is 2.62 bits per heavy atom. The molecule has 0 spiro atoms. The predicted molar refractivity (Wildman–Crippen MR) is 105 cm³/mol. The maximum Gasteiger partial charge on any atom is 0.309 e. The molecule has 2 aromatic rings. The quantitative estimate of drug-likeness (QED) is 0.633. The van der Waals surface area contributed by atoms with E-state index in [1.807, 2.05) is 39.8 Å². The van der Waals surface area contributed by atoms with Gasteiger partial charge in [0.15, 0.2) is 5.13 Å². The van der Waals surface area contributed by atoms with Gasteiger partial charge < -0.3 is 4.74 Å². The molecule has 0 fully saturated rings. The Kier molecular flexibility index (Phi) is 6.78. The zero-order valence-electron chi connectivity index (χ0n) is 15.6. The van der Waals surface area contributed by atoms with Crippen LogP contribution in [-0.2, 0) is 20.9 Å². The van der Waals surface area contributed by atoms with Crippen LogP contribution in [0.15, 0.2) is 17.5 Å². The van der Waals surface area contributed by atoms with Crippen molar-refractivity contribution in [1.29, 1.82) is 0 Å². The van der Waals surface area contributed by atoms with Gasteiger partial charge in [-0.1, -0.05) is 31.5 Å². The summed E-state index contributed by atoms with van der Waals surface area (Å²) >= 11 is 7.71. The lowest BCUT2D eigenvalue weighted by molar-refractivity contribution is -0.149. The first-order chi connectivity index (χ1) is 12.2. The molecule has 0 unspecified atom stereocenters. The number of aryl methyl sites for hydroxylation is 2. The second-order valence-corrected chi connectivity index (χ2v) is 7.55. The molecule has 26 heavy (non-hydrogen) atoms. The van der Waals surface area contributed by atoms with Crippen molar-refractivity contribution >= 4 is 45.6 Å². The highest BCUT2D eigenvalue weighted by Crippen LogP contribution is 2.37. The Bertz CT molecular complexity index is 796. The minimum Gasteiger partial charge on any atom is -0.459 e. The average molecular weight is 395 g/mol. The molecule has 0 N–H and O–H groups in total. The normalized spacial score (nSPS) is 11.9. The fourth-order valence-corrected chi connectivity index (χ4v) is 3.76. The molecule has 0 aliphatic heterocycles. The number of nitrogens with zero attached hydrogens (tertiary/aromatic N) is 2. The number of thiazole rings is 1. The molecule has 0 radical (unpaired) electrons. The van der Waals surface area contributed by atoms with Crippen molar-refractivity contribution in [2.75, 3.05) is 4.90 Å². The Morgan fingerprint density at radius 2 is 2.04 bits per heavy atom. The molecule has 1 aromatic carbocycles. The summed E-state index contributed by atoms with van der Waals surface area (Å²) in [6, 6.07) is 3.79. The van der Waals surface area contributed by atoms with Crippen LogP contribution < -0.4 is 4.90 Å². The monoisotopic (exact) mass is 394 g/mol. The SMILES string of the molecule is CC[C@@H](C)C(=O)OCc1csc(N(C(C)=O)c2c(C)cc(C)cc2Cl)n1. The average Bonchev–Trinajstić information content (AvgIpc) is 3.02. The van der Waals surface area contributed by atoms with Gasteiger partial charge in [0.05, 0.1) is 22.3 Å². The molecule has 140 valence electrons. The van der Waals surface area contributed by atoms with Crippen molar-refractivity contribution < 1.29 is 14.3 Å². The van der Waals surface area contributed by atoms with Gasteiger partial charge in [0.1, 0.15) is 6.61 Å². The van der Waals surface area contributed by atoms with Gasteiger partial charge in [0.25, 0.3) is 0 Å². The fourth-order valence-electron chi connectivity index (χ4n) is 2.50.